The molecular weight excluding hydrogens is 134 g/mol. The molecule has 1 radical (unpaired) electrons. The SMILES string of the molecule is CCP(=O)(OC)OC.[Li]. The van der Waals surface area contributed by atoms with Crippen LogP contribution in [0.5, 0.6) is 0 Å². The van der Waals surface area contributed by atoms with Gasteiger partial charge < -0.3 is 9.05 Å². The molecule has 0 aromatic carbocycles. The van der Waals surface area contributed by atoms with Crippen molar-refractivity contribution in [2.75, 3.05) is 20.4 Å². The molecule has 0 aromatic rings. The zero-order valence-electron chi connectivity index (χ0n) is 6.38. The molecule has 0 aliphatic heterocycles. The molecule has 0 aliphatic carbocycles. The van der Waals surface area contributed by atoms with Gasteiger partial charge in [0.05, 0.1) is 0 Å². The Kier molecular flexibility index (Phi) is 7.63. The van der Waals surface area contributed by atoms with Gasteiger partial charge in [-0.25, -0.2) is 0 Å². The topological polar surface area (TPSA) is 35.5 Å². The fraction of sp³-hybridized carbons (Fsp3) is 1.00. The maximum atomic E-state index is 10.9. The molecule has 0 aromatic heterocycles. The fourth-order valence-corrected chi connectivity index (χ4v) is 0.998. The van der Waals surface area contributed by atoms with Crippen molar-refractivity contribution in [1.29, 1.82) is 0 Å². The Bertz CT molecular complexity index is 87.0. The molecule has 0 rings (SSSR count). The minimum Gasteiger partial charge on any atom is -0.312 e. The van der Waals surface area contributed by atoms with Crippen LogP contribution in [0.25, 0.3) is 0 Å². The minimum absolute atomic E-state index is 0. The van der Waals surface area contributed by atoms with Gasteiger partial charge in [0.15, 0.2) is 0 Å². The summed E-state index contributed by atoms with van der Waals surface area (Å²) < 4.78 is 20.0. The second-order valence-electron chi connectivity index (χ2n) is 1.29. The van der Waals surface area contributed by atoms with E-state index in [1.165, 1.54) is 14.2 Å². The average molecular weight is 145 g/mol. The Morgan fingerprint density at radius 3 is 1.67 bits per heavy atom. The van der Waals surface area contributed by atoms with Gasteiger partial charge in [0.2, 0.25) is 0 Å². The average Bonchev–Trinajstić information content (AvgIpc) is 1.87. The van der Waals surface area contributed by atoms with Crippen LogP contribution in [0, 0.1) is 0 Å². The third-order valence-electron chi connectivity index (χ3n) is 0.944. The zero-order chi connectivity index (χ0) is 6.62. The van der Waals surface area contributed by atoms with Gasteiger partial charge >= 0.3 is 7.60 Å². The molecule has 0 saturated heterocycles. The maximum absolute atomic E-state index is 10.9. The van der Waals surface area contributed by atoms with Crippen LogP contribution in [0.2, 0.25) is 0 Å². The molecule has 0 unspecified atom stereocenters. The van der Waals surface area contributed by atoms with Gasteiger partial charge in [-0.2, -0.15) is 0 Å². The number of hydrogen-bond donors (Lipinski definition) is 0. The van der Waals surface area contributed by atoms with Crippen LogP contribution < -0.4 is 0 Å². The van der Waals surface area contributed by atoms with Crippen molar-refractivity contribution in [2.45, 2.75) is 6.92 Å². The third-order valence-corrected chi connectivity index (χ3v) is 2.83. The van der Waals surface area contributed by atoms with E-state index >= 15 is 0 Å². The largest absolute Gasteiger partial charge is 0.329 e. The van der Waals surface area contributed by atoms with E-state index in [0.717, 1.165) is 0 Å². The van der Waals surface area contributed by atoms with Gasteiger partial charge in [-0.1, -0.05) is 6.92 Å². The zero-order valence-corrected chi connectivity index (χ0v) is 7.27. The van der Waals surface area contributed by atoms with Gasteiger partial charge in [-0.15, -0.1) is 0 Å². The number of hydrogen-bond acceptors (Lipinski definition) is 3. The van der Waals surface area contributed by atoms with Crippen LogP contribution in [0.3, 0.4) is 0 Å². The van der Waals surface area contributed by atoms with Crippen molar-refractivity contribution in [2.24, 2.45) is 0 Å². The monoisotopic (exact) mass is 145 g/mol. The predicted molar refractivity (Wildman–Crippen MR) is 37.9 cm³/mol. The molecule has 0 aliphatic rings. The normalized spacial score (nSPS) is 10.6. The standard InChI is InChI=1S/C4H11O3P.Li/c1-4-8(5,6-2)7-3;/h4H2,1-3H3;. The molecule has 0 fully saturated rings. The summed E-state index contributed by atoms with van der Waals surface area (Å²) in [6.45, 7) is 1.76. The van der Waals surface area contributed by atoms with Crippen LogP contribution in [0.1, 0.15) is 6.92 Å². The van der Waals surface area contributed by atoms with Crippen molar-refractivity contribution in [1.82, 2.24) is 0 Å². The van der Waals surface area contributed by atoms with E-state index in [0.29, 0.717) is 6.16 Å². The van der Waals surface area contributed by atoms with Gasteiger partial charge in [0.1, 0.15) is 0 Å². The fourth-order valence-electron chi connectivity index (χ4n) is 0.333. The second-order valence-corrected chi connectivity index (χ2v) is 3.88. The van der Waals surface area contributed by atoms with Gasteiger partial charge in [0.25, 0.3) is 0 Å². The molecule has 0 amide bonds. The summed E-state index contributed by atoms with van der Waals surface area (Å²) in [5.74, 6) is 0. The summed E-state index contributed by atoms with van der Waals surface area (Å²) in [7, 11) is 0.103. The molecule has 0 saturated carbocycles. The summed E-state index contributed by atoms with van der Waals surface area (Å²) in [5, 5.41) is 0. The predicted octanol–water partition coefficient (Wildman–Crippen LogP) is 1.11. The molecule has 3 nitrogen and oxygen atoms in total. The molecule has 0 spiro atoms. The Balaban J connectivity index is 0. The van der Waals surface area contributed by atoms with Crippen molar-refractivity contribution >= 4 is 26.5 Å². The van der Waals surface area contributed by atoms with E-state index in [1.807, 2.05) is 0 Å². The van der Waals surface area contributed by atoms with Crippen LogP contribution in [0.4, 0.5) is 0 Å². The Labute approximate surface area is 67.8 Å². The smallest absolute Gasteiger partial charge is 0.312 e. The first-order chi connectivity index (χ1) is 3.68. The Morgan fingerprint density at radius 1 is 1.33 bits per heavy atom. The van der Waals surface area contributed by atoms with Gasteiger partial charge in [-0.3, -0.25) is 4.57 Å². The van der Waals surface area contributed by atoms with Crippen molar-refractivity contribution in [3.8, 4) is 0 Å². The van der Waals surface area contributed by atoms with Crippen LogP contribution >= 0.6 is 7.60 Å². The second kappa shape index (κ2) is 5.53. The van der Waals surface area contributed by atoms with Crippen molar-refractivity contribution in [3.05, 3.63) is 0 Å². The molecule has 5 heteroatoms. The summed E-state index contributed by atoms with van der Waals surface area (Å²) in [6, 6.07) is 0. The quantitative estimate of drug-likeness (QED) is 0.440. The van der Waals surface area contributed by atoms with E-state index in [1.54, 1.807) is 6.92 Å². The van der Waals surface area contributed by atoms with Gasteiger partial charge in [-0.05, 0) is 0 Å². The summed E-state index contributed by atoms with van der Waals surface area (Å²) >= 11 is 0. The van der Waals surface area contributed by atoms with E-state index < -0.39 is 7.60 Å². The third kappa shape index (κ3) is 4.19. The van der Waals surface area contributed by atoms with Crippen molar-refractivity contribution in [3.63, 3.8) is 0 Å². The van der Waals surface area contributed by atoms with E-state index in [9.17, 15) is 4.57 Å². The molecule has 51 valence electrons. The molecule has 9 heavy (non-hydrogen) atoms. The first-order valence-corrected chi connectivity index (χ1v) is 4.12. The molecule has 0 atom stereocenters. The Morgan fingerprint density at radius 2 is 1.67 bits per heavy atom. The molecular formula is C4H11LiO3P. The van der Waals surface area contributed by atoms with Crippen LogP contribution in [-0.4, -0.2) is 39.2 Å². The van der Waals surface area contributed by atoms with E-state index in [2.05, 4.69) is 9.05 Å². The molecule has 0 N–H and O–H groups in total. The van der Waals surface area contributed by atoms with Gasteiger partial charge in [0, 0.05) is 39.2 Å². The minimum atomic E-state index is -2.66. The van der Waals surface area contributed by atoms with Crippen LogP contribution in [-0.2, 0) is 13.6 Å². The van der Waals surface area contributed by atoms with E-state index in [4.69, 9.17) is 0 Å². The van der Waals surface area contributed by atoms with Crippen LogP contribution in [0.15, 0.2) is 0 Å². The first kappa shape index (κ1) is 12.4. The maximum Gasteiger partial charge on any atom is 0.329 e. The molecule has 0 bridgehead atoms. The summed E-state index contributed by atoms with van der Waals surface area (Å²) in [6.07, 6.45) is 0.431. The first-order valence-electron chi connectivity index (χ1n) is 2.39. The molecule has 0 heterocycles. The van der Waals surface area contributed by atoms with Crippen molar-refractivity contribution < 1.29 is 13.6 Å². The number of rotatable bonds is 3. The summed E-state index contributed by atoms with van der Waals surface area (Å²) in [5.41, 5.74) is 0. The van der Waals surface area contributed by atoms with E-state index in [-0.39, 0.29) is 18.9 Å². The Hall–Kier alpha value is 0.747. The summed E-state index contributed by atoms with van der Waals surface area (Å²) in [4.78, 5) is 0.